The van der Waals surface area contributed by atoms with Crippen molar-refractivity contribution in [3.05, 3.63) is 34.3 Å². The number of carbonyl (C=O) groups excluding carboxylic acids is 1. The van der Waals surface area contributed by atoms with Crippen LogP contribution >= 0.6 is 15.9 Å². The van der Waals surface area contributed by atoms with E-state index in [2.05, 4.69) is 21.1 Å². The maximum absolute atomic E-state index is 12.2. The number of ether oxygens (including phenoxy) is 1. The van der Waals surface area contributed by atoms with E-state index in [1.165, 1.54) is 0 Å². The van der Waals surface area contributed by atoms with Gasteiger partial charge in [0.1, 0.15) is 6.10 Å². The molecule has 1 fully saturated rings. The summed E-state index contributed by atoms with van der Waals surface area (Å²) in [5, 5.41) is 11.6. The first-order chi connectivity index (χ1) is 9.60. The third-order valence-electron chi connectivity index (χ3n) is 3.13. The Balaban J connectivity index is 1.96. The SMILES string of the molecule is NC(=NO)C1CN(C(=O)Cc2ccc(Br)cc2)CCO1. The number of nitrogens with zero attached hydrogens (tertiary/aromatic N) is 2. The van der Waals surface area contributed by atoms with Crippen LogP contribution in [-0.4, -0.2) is 47.7 Å². The van der Waals surface area contributed by atoms with Gasteiger partial charge in [0.05, 0.1) is 19.6 Å². The highest BCUT2D eigenvalue weighted by Crippen LogP contribution is 2.13. The van der Waals surface area contributed by atoms with E-state index in [1.54, 1.807) is 4.90 Å². The van der Waals surface area contributed by atoms with Crippen LogP contribution in [0.2, 0.25) is 0 Å². The van der Waals surface area contributed by atoms with Gasteiger partial charge in [-0.2, -0.15) is 0 Å². The molecule has 1 aliphatic heterocycles. The van der Waals surface area contributed by atoms with Crippen molar-refractivity contribution >= 4 is 27.7 Å². The van der Waals surface area contributed by atoms with E-state index in [-0.39, 0.29) is 11.7 Å². The molecule has 0 spiro atoms. The zero-order valence-electron chi connectivity index (χ0n) is 10.8. The van der Waals surface area contributed by atoms with Gasteiger partial charge in [-0.05, 0) is 17.7 Å². The summed E-state index contributed by atoms with van der Waals surface area (Å²) in [6.45, 7) is 1.21. The van der Waals surface area contributed by atoms with E-state index < -0.39 is 6.10 Å². The molecule has 1 aromatic rings. The lowest BCUT2D eigenvalue weighted by Gasteiger charge is -2.32. The maximum atomic E-state index is 12.2. The monoisotopic (exact) mass is 341 g/mol. The highest BCUT2D eigenvalue weighted by atomic mass is 79.9. The minimum Gasteiger partial charge on any atom is -0.409 e. The van der Waals surface area contributed by atoms with E-state index in [0.717, 1.165) is 10.0 Å². The van der Waals surface area contributed by atoms with E-state index >= 15 is 0 Å². The summed E-state index contributed by atoms with van der Waals surface area (Å²) in [6.07, 6.45) is -0.210. The average Bonchev–Trinajstić information content (AvgIpc) is 2.49. The third-order valence-corrected chi connectivity index (χ3v) is 3.66. The summed E-state index contributed by atoms with van der Waals surface area (Å²) in [4.78, 5) is 13.9. The summed E-state index contributed by atoms with van der Waals surface area (Å²) < 4.78 is 6.34. The van der Waals surface area contributed by atoms with E-state index in [4.69, 9.17) is 15.7 Å². The van der Waals surface area contributed by atoms with Crippen LogP contribution in [0.25, 0.3) is 0 Å². The molecule has 1 aliphatic rings. The Labute approximate surface area is 125 Å². The molecule has 1 aromatic carbocycles. The Bertz CT molecular complexity index is 504. The van der Waals surface area contributed by atoms with E-state index in [1.807, 2.05) is 24.3 Å². The number of oxime groups is 1. The minimum absolute atomic E-state index is 0.00589. The van der Waals surface area contributed by atoms with Crippen molar-refractivity contribution in [2.45, 2.75) is 12.5 Å². The van der Waals surface area contributed by atoms with Gasteiger partial charge in [-0.1, -0.05) is 33.2 Å². The van der Waals surface area contributed by atoms with Crippen molar-refractivity contribution in [1.82, 2.24) is 4.90 Å². The number of hydrogen-bond donors (Lipinski definition) is 2. The molecule has 0 radical (unpaired) electrons. The summed E-state index contributed by atoms with van der Waals surface area (Å²) in [6, 6.07) is 7.62. The molecule has 2 rings (SSSR count). The van der Waals surface area contributed by atoms with Gasteiger partial charge in [-0.25, -0.2) is 0 Å². The Kier molecular flexibility index (Phi) is 4.97. The molecule has 1 saturated heterocycles. The quantitative estimate of drug-likeness (QED) is 0.371. The van der Waals surface area contributed by atoms with Gasteiger partial charge in [-0.15, -0.1) is 0 Å². The number of amidine groups is 1. The first-order valence-electron chi connectivity index (χ1n) is 6.21. The van der Waals surface area contributed by atoms with Crippen LogP contribution in [0, 0.1) is 0 Å². The lowest BCUT2D eigenvalue weighted by Crippen LogP contribution is -2.50. The second kappa shape index (κ2) is 6.71. The molecule has 6 nitrogen and oxygen atoms in total. The highest BCUT2D eigenvalue weighted by molar-refractivity contribution is 9.10. The molecule has 1 amide bonds. The minimum atomic E-state index is -0.539. The molecule has 1 heterocycles. The number of rotatable bonds is 3. The predicted octanol–water partition coefficient (Wildman–Crippen LogP) is 0.965. The molecule has 0 aromatic heterocycles. The largest absolute Gasteiger partial charge is 0.409 e. The fourth-order valence-electron chi connectivity index (χ4n) is 2.01. The molecular weight excluding hydrogens is 326 g/mol. The van der Waals surface area contributed by atoms with Gasteiger partial charge >= 0.3 is 0 Å². The Morgan fingerprint density at radius 3 is 2.85 bits per heavy atom. The van der Waals surface area contributed by atoms with Gasteiger partial charge in [0.2, 0.25) is 5.91 Å². The normalized spacial score (nSPS) is 19.9. The van der Waals surface area contributed by atoms with Crippen LogP contribution in [0.15, 0.2) is 33.9 Å². The van der Waals surface area contributed by atoms with E-state index in [9.17, 15) is 4.79 Å². The lowest BCUT2D eigenvalue weighted by molar-refractivity contribution is -0.135. The lowest BCUT2D eigenvalue weighted by atomic mass is 10.1. The molecule has 1 unspecified atom stereocenters. The molecule has 1 atom stereocenters. The number of amides is 1. The van der Waals surface area contributed by atoms with Crippen molar-refractivity contribution in [3.63, 3.8) is 0 Å². The fraction of sp³-hybridized carbons (Fsp3) is 0.385. The number of carbonyl (C=O) groups is 1. The number of morpholine rings is 1. The summed E-state index contributed by atoms with van der Waals surface area (Å²) in [5.41, 5.74) is 6.46. The van der Waals surface area contributed by atoms with Gasteiger partial charge in [0.15, 0.2) is 5.84 Å². The van der Waals surface area contributed by atoms with Crippen LogP contribution in [0.1, 0.15) is 5.56 Å². The van der Waals surface area contributed by atoms with Crippen molar-refractivity contribution in [1.29, 1.82) is 0 Å². The first kappa shape index (κ1) is 14.8. The van der Waals surface area contributed by atoms with Crippen molar-refractivity contribution in [2.75, 3.05) is 19.7 Å². The van der Waals surface area contributed by atoms with Gasteiger partial charge in [0.25, 0.3) is 0 Å². The highest BCUT2D eigenvalue weighted by Gasteiger charge is 2.26. The number of halogens is 1. The predicted molar refractivity (Wildman–Crippen MR) is 77.6 cm³/mol. The molecule has 0 bridgehead atoms. The second-order valence-corrected chi connectivity index (χ2v) is 5.44. The van der Waals surface area contributed by atoms with Crippen LogP contribution in [0.3, 0.4) is 0 Å². The molecule has 0 saturated carbocycles. The van der Waals surface area contributed by atoms with Gasteiger partial charge in [-0.3, -0.25) is 4.79 Å². The first-order valence-corrected chi connectivity index (χ1v) is 7.00. The zero-order valence-corrected chi connectivity index (χ0v) is 12.4. The molecular formula is C13H16BrN3O3. The standard InChI is InChI=1S/C13H16BrN3O3/c14-10-3-1-9(2-4-10)7-12(18)17-5-6-20-11(8-17)13(15)16-19/h1-4,11,19H,5-8H2,(H2,15,16). The zero-order chi connectivity index (χ0) is 14.5. The summed E-state index contributed by atoms with van der Waals surface area (Å²) in [7, 11) is 0. The van der Waals surface area contributed by atoms with Gasteiger partial charge in [0, 0.05) is 11.0 Å². The molecule has 3 N–H and O–H groups in total. The van der Waals surface area contributed by atoms with E-state index in [0.29, 0.717) is 26.1 Å². The number of hydrogen-bond acceptors (Lipinski definition) is 4. The number of benzene rings is 1. The molecule has 0 aliphatic carbocycles. The summed E-state index contributed by atoms with van der Waals surface area (Å²) >= 11 is 3.36. The Morgan fingerprint density at radius 2 is 2.20 bits per heavy atom. The molecule has 7 heteroatoms. The number of nitrogens with two attached hydrogens (primary N) is 1. The van der Waals surface area contributed by atoms with Crippen LogP contribution < -0.4 is 5.73 Å². The van der Waals surface area contributed by atoms with Crippen LogP contribution in [-0.2, 0) is 16.0 Å². The van der Waals surface area contributed by atoms with Crippen LogP contribution in [0.5, 0.6) is 0 Å². The average molecular weight is 342 g/mol. The summed E-state index contributed by atoms with van der Waals surface area (Å²) in [5.74, 6) is -0.00231. The second-order valence-electron chi connectivity index (χ2n) is 4.53. The van der Waals surface area contributed by atoms with Crippen molar-refractivity contribution in [2.24, 2.45) is 10.9 Å². The van der Waals surface area contributed by atoms with Crippen molar-refractivity contribution in [3.8, 4) is 0 Å². The Morgan fingerprint density at radius 1 is 1.50 bits per heavy atom. The Hall–Kier alpha value is -1.60. The molecule has 108 valence electrons. The molecule has 20 heavy (non-hydrogen) atoms. The third kappa shape index (κ3) is 3.71. The van der Waals surface area contributed by atoms with Gasteiger partial charge < -0.3 is 20.6 Å². The topological polar surface area (TPSA) is 88.2 Å². The van der Waals surface area contributed by atoms with Crippen LogP contribution in [0.4, 0.5) is 0 Å². The maximum Gasteiger partial charge on any atom is 0.227 e. The fourth-order valence-corrected chi connectivity index (χ4v) is 2.27. The van der Waals surface area contributed by atoms with Crippen molar-refractivity contribution < 1.29 is 14.7 Å². The smallest absolute Gasteiger partial charge is 0.227 e.